The molecule has 0 saturated heterocycles. The molecular weight excluding hydrogens is 368 g/mol. The molecule has 1 amide bonds. The van der Waals surface area contributed by atoms with Crippen molar-refractivity contribution in [3.8, 4) is 11.5 Å². The molecule has 0 bridgehead atoms. The molecule has 0 radical (unpaired) electrons. The van der Waals surface area contributed by atoms with Crippen LogP contribution in [0.15, 0.2) is 48.5 Å². The molecule has 0 saturated carbocycles. The van der Waals surface area contributed by atoms with Crippen molar-refractivity contribution in [2.75, 3.05) is 28.5 Å². The smallest absolute Gasteiger partial charge is 0.267 e. The summed E-state index contributed by atoms with van der Waals surface area (Å²) in [5.41, 5.74) is 1.00. The summed E-state index contributed by atoms with van der Waals surface area (Å²) < 4.78 is 37.4. The van der Waals surface area contributed by atoms with E-state index in [2.05, 4.69) is 5.32 Å². The van der Waals surface area contributed by atoms with Crippen molar-refractivity contribution in [1.29, 1.82) is 0 Å². The lowest BCUT2D eigenvalue weighted by molar-refractivity contribution is -0.122. The fraction of sp³-hybridized carbons (Fsp3) is 0.316. The molecule has 1 N–H and O–H groups in total. The Balaban J connectivity index is 1.83. The van der Waals surface area contributed by atoms with E-state index < -0.39 is 22.0 Å². The number of nitrogens with zero attached hydrogens (tertiary/aromatic N) is 1. The number of fused-ring (bicyclic) bond motifs is 1. The van der Waals surface area contributed by atoms with Gasteiger partial charge in [-0.3, -0.25) is 9.10 Å². The van der Waals surface area contributed by atoms with Crippen LogP contribution in [0.2, 0.25) is 0 Å². The Morgan fingerprint density at radius 1 is 1.22 bits per heavy atom. The van der Waals surface area contributed by atoms with Crippen molar-refractivity contribution in [1.82, 2.24) is 0 Å². The van der Waals surface area contributed by atoms with Crippen molar-refractivity contribution in [3.05, 3.63) is 48.5 Å². The van der Waals surface area contributed by atoms with E-state index in [0.717, 1.165) is 0 Å². The molecule has 7 nitrogen and oxygen atoms in total. The number of carbonyl (C=O) groups is 1. The minimum Gasteiger partial charge on any atom is -0.494 e. The summed E-state index contributed by atoms with van der Waals surface area (Å²) in [6.07, 6.45) is -0.961. The number of sulfonamides is 1. The van der Waals surface area contributed by atoms with Crippen LogP contribution < -0.4 is 19.1 Å². The van der Waals surface area contributed by atoms with Crippen LogP contribution in [-0.2, 0) is 14.8 Å². The predicted octanol–water partition coefficient (Wildman–Crippen LogP) is 2.64. The standard InChI is InChI=1S/C19H22N2O5S/c1-3-25-15-9-7-8-14(12-15)20-19(22)18-13-21(27(23,24)4-2)16-10-5-6-11-17(16)26-18/h5-12,18H,3-4,13H2,1-2H3,(H,20,22)/t18-/m0/s1. The number of nitrogens with one attached hydrogen (secondary N) is 1. The molecule has 0 unspecified atom stereocenters. The molecule has 1 atom stereocenters. The monoisotopic (exact) mass is 390 g/mol. The number of rotatable bonds is 6. The van der Waals surface area contributed by atoms with Gasteiger partial charge in [-0.1, -0.05) is 18.2 Å². The third-order valence-corrected chi connectivity index (χ3v) is 5.89. The van der Waals surface area contributed by atoms with Gasteiger partial charge < -0.3 is 14.8 Å². The number of para-hydroxylation sites is 2. The maximum absolute atomic E-state index is 12.7. The molecule has 1 aliphatic heterocycles. The van der Waals surface area contributed by atoms with E-state index >= 15 is 0 Å². The highest BCUT2D eigenvalue weighted by Crippen LogP contribution is 2.35. The summed E-state index contributed by atoms with van der Waals surface area (Å²) >= 11 is 0. The Kier molecular flexibility index (Phi) is 5.55. The molecular formula is C19H22N2O5S. The Bertz CT molecular complexity index is 929. The van der Waals surface area contributed by atoms with Crippen LogP contribution in [0.4, 0.5) is 11.4 Å². The fourth-order valence-electron chi connectivity index (χ4n) is 2.81. The van der Waals surface area contributed by atoms with Gasteiger partial charge in [-0.15, -0.1) is 0 Å². The highest BCUT2D eigenvalue weighted by molar-refractivity contribution is 7.92. The first-order chi connectivity index (χ1) is 12.9. The van der Waals surface area contributed by atoms with Gasteiger partial charge in [0.2, 0.25) is 10.0 Å². The van der Waals surface area contributed by atoms with E-state index in [4.69, 9.17) is 9.47 Å². The van der Waals surface area contributed by atoms with Gasteiger partial charge in [-0.05, 0) is 38.1 Å². The summed E-state index contributed by atoms with van der Waals surface area (Å²) in [7, 11) is -3.53. The molecule has 27 heavy (non-hydrogen) atoms. The highest BCUT2D eigenvalue weighted by atomic mass is 32.2. The number of hydrogen-bond acceptors (Lipinski definition) is 5. The van der Waals surface area contributed by atoms with Crippen molar-refractivity contribution in [2.45, 2.75) is 20.0 Å². The second-order valence-electron chi connectivity index (χ2n) is 5.96. The molecule has 2 aromatic carbocycles. The molecule has 1 heterocycles. The number of ether oxygens (including phenoxy) is 2. The van der Waals surface area contributed by atoms with Crippen LogP contribution in [0.1, 0.15) is 13.8 Å². The van der Waals surface area contributed by atoms with Crippen LogP contribution in [-0.4, -0.2) is 39.3 Å². The third-order valence-electron chi connectivity index (χ3n) is 4.14. The van der Waals surface area contributed by atoms with Crippen LogP contribution in [0.3, 0.4) is 0 Å². The van der Waals surface area contributed by atoms with Gasteiger partial charge in [0.25, 0.3) is 5.91 Å². The summed E-state index contributed by atoms with van der Waals surface area (Å²) in [6, 6.07) is 13.8. The SMILES string of the molecule is CCOc1cccc(NC(=O)[C@@H]2CN(S(=O)(=O)CC)c3ccccc3O2)c1. The van der Waals surface area contributed by atoms with Crippen LogP contribution >= 0.6 is 0 Å². The quantitative estimate of drug-likeness (QED) is 0.820. The number of carbonyl (C=O) groups excluding carboxylic acids is 1. The van der Waals surface area contributed by atoms with Gasteiger partial charge in [-0.2, -0.15) is 0 Å². The Hall–Kier alpha value is -2.74. The summed E-state index contributed by atoms with van der Waals surface area (Å²) in [5, 5.41) is 2.77. The Morgan fingerprint density at radius 3 is 2.74 bits per heavy atom. The van der Waals surface area contributed by atoms with Crippen molar-refractivity contribution < 1.29 is 22.7 Å². The minimum atomic E-state index is -3.53. The van der Waals surface area contributed by atoms with Crippen LogP contribution in [0.5, 0.6) is 11.5 Å². The lowest BCUT2D eigenvalue weighted by Gasteiger charge is -2.34. The molecule has 0 aliphatic carbocycles. The minimum absolute atomic E-state index is 0.0634. The molecule has 144 valence electrons. The molecule has 1 aliphatic rings. The van der Waals surface area contributed by atoms with Gasteiger partial charge in [0.05, 0.1) is 24.6 Å². The molecule has 0 fully saturated rings. The topological polar surface area (TPSA) is 84.9 Å². The summed E-state index contributed by atoms with van der Waals surface area (Å²) in [5.74, 6) is 0.519. The third kappa shape index (κ3) is 4.16. The number of hydrogen-bond donors (Lipinski definition) is 1. The van der Waals surface area contributed by atoms with Crippen molar-refractivity contribution in [3.63, 3.8) is 0 Å². The molecule has 8 heteroatoms. The zero-order valence-corrected chi connectivity index (χ0v) is 16.0. The highest BCUT2D eigenvalue weighted by Gasteiger charge is 2.35. The normalized spacial score (nSPS) is 16.2. The largest absolute Gasteiger partial charge is 0.494 e. The average molecular weight is 390 g/mol. The zero-order chi connectivity index (χ0) is 19.4. The lowest BCUT2D eigenvalue weighted by Crippen LogP contribution is -2.49. The van der Waals surface area contributed by atoms with Gasteiger partial charge in [-0.25, -0.2) is 8.42 Å². The number of amides is 1. The van der Waals surface area contributed by atoms with Gasteiger partial charge in [0.1, 0.15) is 11.5 Å². The van der Waals surface area contributed by atoms with Crippen molar-refractivity contribution >= 4 is 27.3 Å². The van der Waals surface area contributed by atoms with Gasteiger partial charge in [0.15, 0.2) is 6.10 Å². The first kappa shape index (κ1) is 19.0. The van der Waals surface area contributed by atoms with E-state index in [9.17, 15) is 13.2 Å². The Morgan fingerprint density at radius 2 is 2.00 bits per heavy atom. The van der Waals surface area contributed by atoms with E-state index in [1.165, 1.54) is 4.31 Å². The van der Waals surface area contributed by atoms with E-state index in [-0.39, 0.29) is 12.3 Å². The molecule has 2 aromatic rings. The van der Waals surface area contributed by atoms with Gasteiger partial charge >= 0.3 is 0 Å². The second kappa shape index (κ2) is 7.87. The first-order valence-corrected chi connectivity index (χ1v) is 10.4. The van der Waals surface area contributed by atoms with E-state index in [0.29, 0.717) is 29.5 Å². The maximum atomic E-state index is 12.7. The summed E-state index contributed by atoms with van der Waals surface area (Å²) in [4.78, 5) is 12.7. The molecule has 0 aromatic heterocycles. The maximum Gasteiger partial charge on any atom is 0.267 e. The van der Waals surface area contributed by atoms with E-state index in [1.807, 2.05) is 6.92 Å². The van der Waals surface area contributed by atoms with E-state index in [1.54, 1.807) is 55.5 Å². The average Bonchev–Trinajstić information content (AvgIpc) is 2.67. The van der Waals surface area contributed by atoms with Crippen LogP contribution in [0, 0.1) is 0 Å². The predicted molar refractivity (Wildman–Crippen MR) is 104 cm³/mol. The number of anilines is 2. The van der Waals surface area contributed by atoms with Crippen LogP contribution in [0.25, 0.3) is 0 Å². The summed E-state index contributed by atoms with van der Waals surface area (Å²) in [6.45, 7) is 3.89. The fourth-order valence-corrected chi connectivity index (χ4v) is 3.94. The second-order valence-corrected chi connectivity index (χ2v) is 8.14. The lowest BCUT2D eigenvalue weighted by atomic mass is 10.2. The Labute approximate surface area is 158 Å². The first-order valence-electron chi connectivity index (χ1n) is 8.74. The van der Waals surface area contributed by atoms with Crippen molar-refractivity contribution in [2.24, 2.45) is 0 Å². The zero-order valence-electron chi connectivity index (χ0n) is 15.2. The molecule has 0 spiro atoms. The number of benzene rings is 2. The molecule has 3 rings (SSSR count). The van der Waals surface area contributed by atoms with Gasteiger partial charge in [0, 0.05) is 11.8 Å².